The van der Waals surface area contributed by atoms with Gasteiger partial charge in [0.2, 0.25) is 0 Å². The van der Waals surface area contributed by atoms with Gasteiger partial charge in [-0.15, -0.1) is 0 Å². The summed E-state index contributed by atoms with van der Waals surface area (Å²) >= 11 is 0. The van der Waals surface area contributed by atoms with E-state index in [4.69, 9.17) is 61.6 Å². The Hall–Kier alpha value is -1.98. The van der Waals surface area contributed by atoms with Crippen molar-refractivity contribution in [2.24, 2.45) is 28.6 Å². The molecule has 0 aromatic heterocycles. The molecular weight excluding hydrogens is 949 g/mol. The molecule has 0 amide bonds. The smallest absolute Gasteiger partial charge is 0.333 e. The maximum atomic E-state index is 13.4. The molecule has 3 saturated carbocycles. The highest BCUT2D eigenvalue weighted by Gasteiger charge is 2.71. The van der Waals surface area contributed by atoms with Crippen LogP contribution in [0, 0.1) is 28.6 Å². The second-order valence-electron chi connectivity index (χ2n) is 22.6. The number of carbonyl (C=O) groups excluding carboxylic acids is 2. The molecule has 6 fully saturated rings. The van der Waals surface area contributed by atoms with E-state index in [2.05, 4.69) is 13.0 Å². The molecule has 73 heavy (non-hydrogen) atoms. The summed E-state index contributed by atoms with van der Waals surface area (Å²) in [5.74, 6) is -0.755. The van der Waals surface area contributed by atoms with Crippen molar-refractivity contribution in [3.8, 4) is 0 Å². The fraction of sp³-hybridized carbons (Fsp3) is 0.891. The fourth-order valence-electron chi connectivity index (χ4n) is 14.2. The molecule has 4 aliphatic carbocycles. The molecule has 0 aromatic carbocycles. The first-order valence-corrected chi connectivity index (χ1v) is 27.0. The molecule has 0 spiro atoms. The monoisotopic (exact) mass is 1040 g/mol. The SMILES string of the molecule is C/C=C(\C)C(=O)O[C@@H]1CC2C(CC=C3C[C@@H](OC4CC(OC)C(OC5CC(OC)C(OC(C)OC(C)C(OC6CC(OC)C(O)C(C)O6)C(CO)OC)C(C)O5)C(C)O4)CC[C@@]32C)[C@@]2(O)CC[C@H](C(C)=O)[C@@]12C. The van der Waals surface area contributed by atoms with Gasteiger partial charge in [-0.05, 0) is 118 Å². The second kappa shape index (κ2) is 24.4. The first-order valence-electron chi connectivity index (χ1n) is 27.0. The number of Topliss-reactive ketones (excluding diaryl/α,β-unsaturated/α-hetero) is 1. The van der Waals surface area contributed by atoms with E-state index in [0.717, 1.165) is 19.3 Å². The third-order valence-electron chi connectivity index (χ3n) is 18.6. The molecule has 0 bridgehead atoms. The topological polar surface area (TPSA) is 215 Å². The van der Waals surface area contributed by atoms with Crippen molar-refractivity contribution in [2.45, 2.75) is 250 Å². The van der Waals surface area contributed by atoms with Gasteiger partial charge in [0, 0.05) is 64.6 Å². The van der Waals surface area contributed by atoms with Gasteiger partial charge in [-0.3, -0.25) is 4.79 Å². The van der Waals surface area contributed by atoms with Crippen LogP contribution in [0.2, 0.25) is 0 Å². The minimum absolute atomic E-state index is 0.0364. The number of hydrogen-bond acceptors (Lipinski definition) is 18. The predicted octanol–water partition coefficient (Wildman–Crippen LogP) is 5.87. The molecule has 7 aliphatic rings. The van der Waals surface area contributed by atoms with Gasteiger partial charge in [-0.1, -0.05) is 31.6 Å². The predicted molar refractivity (Wildman–Crippen MR) is 265 cm³/mol. The molecule has 18 nitrogen and oxygen atoms in total. The average Bonchev–Trinajstić information content (AvgIpc) is 3.65. The Morgan fingerprint density at radius 2 is 1.42 bits per heavy atom. The molecule has 7 rings (SSSR count). The summed E-state index contributed by atoms with van der Waals surface area (Å²) in [4.78, 5) is 26.5. The van der Waals surface area contributed by atoms with E-state index in [1.54, 1.807) is 48.0 Å². The normalized spacial score (nSPS) is 44.7. The lowest BCUT2D eigenvalue weighted by Gasteiger charge is -2.63. The summed E-state index contributed by atoms with van der Waals surface area (Å²) in [7, 11) is 6.32. The number of methoxy groups -OCH3 is 4. The molecule has 418 valence electrons. The number of hydrogen-bond donors (Lipinski definition) is 3. The summed E-state index contributed by atoms with van der Waals surface area (Å²) < 4.78 is 81.1. The number of allylic oxidation sites excluding steroid dienone is 2. The zero-order valence-corrected chi connectivity index (χ0v) is 46.0. The van der Waals surface area contributed by atoms with Gasteiger partial charge >= 0.3 is 5.97 Å². The molecular formula is C55H90O18. The van der Waals surface area contributed by atoms with Crippen molar-refractivity contribution in [1.82, 2.24) is 0 Å². The van der Waals surface area contributed by atoms with E-state index in [1.807, 2.05) is 34.6 Å². The van der Waals surface area contributed by atoms with Crippen molar-refractivity contribution in [3.63, 3.8) is 0 Å². The van der Waals surface area contributed by atoms with Crippen LogP contribution in [0.1, 0.15) is 133 Å². The molecule has 0 radical (unpaired) electrons. The third-order valence-corrected chi connectivity index (χ3v) is 18.6. The van der Waals surface area contributed by atoms with Crippen molar-refractivity contribution in [2.75, 3.05) is 35.0 Å². The third kappa shape index (κ3) is 11.8. The van der Waals surface area contributed by atoms with E-state index in [9.17, 15) is 24.9 Å². The fourth-order valence-corrected chi connectivity index (χ4v) is 14.2. The van der Waals surface area contributed by atoms with Gasteiger partial charge in [0.1, 0.15) is 42.4 Å². The lowest BCUT2D eigenvalue weighted by Crippen LogP contribution is -2.66. The van der Waals surface area contributed by atoms with Crippen LogP contribution >= 0.6 is 0 Å². The molecule has 18 heteroatoms. The Morgan fingerprint density at radius 1 is 0.808 bits per heavy atom. The Morgan fingerprint density at radius 3 is 2.04 bits per heavy atom. The number of rotatable bonds is 20. The highest BCUT2D eigenvalue weighted by Crippen LogP contribution is 2.68. The van der Waals surface area contributed by atoms with Crippen LogP contribution < -0.4 is 0 Å². The summed E-state index contributed by atoms with van der Waals surface area (Å²) in [5.41, 5.74) is -0.472. The lowest BCUT2D eigenvalue weighted by atomic mass is 9.45. The average molecular weight is 1040 g/mol. The first kappa shape index (κ1) is 58.7. The van der Waals surface area contributed by atoms with Gasteiger partial charge in [-0.2, -0.15) is 0 Å². The second-order valence-corrected chi connectivity index (χ2v) is 22.6. The number of esters is 1. The molecule has 18 unspecified atom stereocenters. The van der Waals surface area contributed by atoms with Crippen LogP contribution in [0.15, 0.2) is 23.3 Å². The van der Waals surface area contributed by atoms with Crippen molar-refractivity contribution >= 4 is 11.8 Å². The number of ketones is 1. The Balaban J connectivity index is 0.937. The van der Waals surface area contributed by atoms with Crippen molar-refractivity contribution in [3.05, 3.63) is 23.3 Å². The summed E-state index contributed by atoms with van der Waals surface area (Å²) in [5, 5.41) is 33.5. The minimum atomic E-state index is -1.16. The lowest BCUT2D eigenvalue weighted by molar-refractivity contribution is -0.334. The maximum absolute atomic E-state index is 13.4. The Bertz CT molecular complexity index is 1910. The van der Waals surface area contributed by atoms with Gasteiger partial charge in [0.15, 0.2) is 25.2 Å². The Labute approximate surface area is 433 Å². The minimum Gasteiger partial charge on any atom is -0.458 e. The van der Waals surface area contributed by atoms with E-state index in [-0.39, 0.29) is 54.2 Å². The van der Waals surface area contributed by atoms with Crippen LogP contribution in [0.3, 0.4) is 0 Å². The standard InChI is InChI=1S/C55H90O18/c1-15-28(2)52(59)71-44-23-39-38(55(60)21-19-37(29(3)57)54(44,55)10)17-16-35-22-36(18-20-53(35,39)9)70-45-25-42(63-13)50(33(7)67-45)72-47-26-41(62-12)49(32(6)68-47)69-34(8)65-31(5)51(43(27-56)64-14)73-46-24-40(61-11)48(58)30(4)66-46/h15-16,30-34,36-51,56,58,60H,17-27H2,1-14H3/b28-15+/t30?,31?,32?,33?,34?,36-,37+,38?,39?,40?,41?,42?,43?,44+,45?,46?,47?,48?,49?,50?,51?,53-,54-,55-/m0/s1. The van der Waals surface area contributed by atoms with Crippen LogP contribution in [-0.2, 0) is 71.2 Å². The largest absolute Gasteiger partial charge is 0.458 e. The van der Waals surface area contributed by atoms with E-state index in [1.165, 1.54) is 19.8 Å². The number of carbonyl (C=O) groups is 2. The van der Waals surface area contributed by atoms with E-state index >= 15 is 0 Å². The quantitative estimate of drug-likeness (QED) is 0.0563. The summed E-state index contributed by atoms with van der Waals surface area (Å²) in [6, 6.07) is 0. The van der Waals surface area contributed by atoms with Crippen LogP contribution in [0.5, 0.6) is 0 Å². The molecule has 3 heterocycles. The number of ether oxygens (including phenoxy) is 13. The maximum Gasteiger partial charge on any atom is 0.333 e. The summed E-state index contributed by atoms with van der Waals surface area (Å²) in [6.07, 6.45) is -0.106. The van der Waals surface area contributed by atoms with Gasteiger partial charge < -0.3 is 76.9 Å². The van der Waals surface area contributed by atoms with Gasteiger partial charge in [0.25, 0.3) is 0 Å². The van der Waals surface area contributed by atoms with Gasteiger partial charge in [-0.25, -0.2) is 4.79 Å². The number of aliphatic hydroxyl groups is 3. The molecule has 3 saturated heterocycles. The number of aliphatic hydroxyl groups excluding tert-OH is 2. The van der Waals surface area contributed by atoms with Crippen LogP contribution in [-0.4, -0.2) is 178 Å². The molecule has 0 aromatic rings. The van der Waals surface area contributed by atoms with E-state index in [0.29, 0.717) is 44.1 Å². The van der Waals surface area contributed by atoms with Crippen LogP contribution in [0.4, 0.5) is 0 Å². The molecule has 24 atom stereocenters. The van der Waals surface area contributed by atoms with Crippen molar-refractivity contribution < 1.29 is 86.5 Å². The first-order chi connectivity index (χ1) is 34.6. The van der Waals surface area contributed by atoms with E-state index < -0.39 is 115 Å². The van der Waals surface area contributed by atoms with Crippen molar-refractivity contribution in [1.29, 1.82) is 0 Å². The van der Waals surface area contributed by atoms with Gasteiger partial charge in [0.05, 0.1) is 61.0 Å². The highest BCUT2D eigenvalue weighted by molar-refractivity contribution is 5.88. The van der Waals surface area contributed by atoms with Crippen LogP contribution in [0.25, 0.3) is 0 Å². The zero-order chi connectivity index (χ0) is 53.3. The highest BCUT2D eigenvalue weighted by atomic mass is 16.8. The molecule has 3 aliphatic heterocycles. The zero-order valence-electron chi connectivity index (χ0n) is 46.0. The number of fused-ring (bicyclic) bond motifs is 5. The molecule has 3 N–H and O–H groups in total. The summed E-state index contributed by atoms with van der Waals surface area (Å²) in [6.45, 7) is 18.3. The Kier molecular flexibility index (Phi) is 19.6.